The molecule has 0 saturated heterocycles. The molecule has 142 valence electrons. The van der Waals surface area contributed by atoms with Crippen LogP contribution in [0.25, 0.3) is 11.0 Å². The highest BCUT2D eigenvalue weighted by molar-refractivity contribution is 5.93. The Kier molecular flexibility index (Phi) is 4.93. The number of carbonyl (C=O) groups is 1. The van der Waals surface area contributed by atoms with E-state index >= 15 is 0 Å². The maximum Gasteiger partial charge on any atom is 0.449 e. The Morgan fingerprint density at radius 3 is 2.56 bits per heavy atom. The van der Waals surface area contributed by atoms with Gasteiger partial charge < -0.3 is 19.4 Å². The summed E-state index contributed by atoms with van der Waals surface area (Å²) in [7, 11) is 2.88. The van der Waals surface area contributed by atoms with Crippen LogP contribution in [-0.2, 0) is 17.5 Å². The molecular formula is C18H16F3N3O3. The van der Waals surface area contributed by atoms with Crippen molar-refractivity contribution < 1.29 is 27.4 Å². The molecule has 27 heavy (non-hydrogen) atoms. The van der Waals surface area contributed by atoms with Crippen LogP contribution in [0.15, 0.2) is 42.5 Å². The maximum atomic E-state index is 13.3. The molecule has 0 atom stereocenters. The Morgan fingerprint density at radius 1 is 1.15 bits per heavy atom. The number of carbonyl (C=O) groups excluding carboxylic acids is 1. The molecule has 0 fully saturated rings. The number of rotatable bonds is 5. The molecule has 1 N–H and O–H groups in total. The van der Waals surface area contributed by atoms with E-state index in [9.17, 15) is 18.0 Å². The zero-order valence-electron chi connectivity index (χ0n) is 14.5. The van der Waals surface area contributed by atoms with Gasteiger partial charge in [0.25, 0.3) is 0 Å². The van der Waals surface area contributed by atoms with Gasteiger partial charge in [-0.05, 0) is 24.3 Å². The van der Waals surface area contributed by atoms with Crippen molar-refractivity contribution in [2.75, 3.05) is 19.5 Å². The molecule has 6 nitrogen and oxygen atoms in total. The molecule has 0 aliphatic carbocycles. The lowest BCUT2D eigenvalue weighted by atomic mass is 10.2. The van der Waals surface area contributed by atoms with Gasteiger partial charge in [-0.2, -0.15) is 13.2 Å². The molecule has 1 aromatic heterocycles. The van der Waals surface area contributed by atoms with Gasteiger partial charge in [0.1, 0.15) is 18.0 Å². The Balaban J connectivity index is 1.93. The summed E-state index contributed by atoms with van der Waals surface area (Å²) in [6.45, 7) is -0.560. The van der Waals surface area contributed by atoms with E-state index in [0.717, 1.165) is 4.57 Å². The van der Waals surface area contributed by atoms with Crippen LogP contribution in [0.5, 0.6) is 11.5 Å². The summed E-state index contributed by atoms with van der Waals surface area (Å²) in [5, 5.41) is 2.56. The minimum atomic E-state index is -4.69. The van der Waals surface area contributed by atoms with E-state index in [4.69, 9.17) is 9.47 Å². The summed E-state index contributed by atoms with van der Waals surface area (Å²) in [6, 6.07) is 10.9. The Hall–Kier alpha value is -3.23. The van der Waals surface area contributed by atoms with Crippen LogP contribution in [0.2, 0.25) is 0 Å². The van der Waals surface area contributed by atoms with Crippen molar-refractivity contribution >= 4 is 22.6 Å². The number of hydrogen-bond acceptors (Lipinski definition) is 4. The summed E-state index contributed by atoms with van der Waals surface area (Å²) in [4.78, 5) is 16.1. The third kappa shape index (κ3) is 3.81. The van der Waals surface area contributed by atoms with Crippen LogP contribution in [0.3, 0.4) is 0 Å². The van der Waals surface area contributed by atoms with Crippen LogP contribution in [0, 0.1) is 0 Å². The monoisotopic (exact) mass is 379 g/mol. The molecule has 0 bridgehead atoms. The predicted molar refractivity (Wildman–Crippen MR) is 92.9 cm³/mol. The normalized spacial score (nSPS) is 11.4. The van der Waals surface area contributed by atoms with Gasteiger partial charge in [-0.15, -0.1) is 0 Å². The standard InChI is InChI=1S/C18H16F3N3O3/c1-26-11-7-8-15(27-2)13(9-11)22-16(25)10-24-14-6-4-3-5-12(14)23-17(24)18(19,20)21/h3-9H,10H2,1-2H3,(H,22,25). The Labute approximate surface area is 152 Å². The molecule has 9 heteroatoms. The molecular weight excluding hydrogens is 363 g/mol. The van der Waals surface area contributed by atoms with Gasteiger partial charge in [0.2, 0.25) is 11.7 Å². The number of benzene rings is 2. The second kappa shape index (κ2) is 7.18. The quantitative estimate of drug-likeness (QED) is 0.734. The van der Waals surface area contributed by atoms with Crippen LogP contribution >= 0.6 is 0 Å². The van der Waals surface area contributed by atoms with E-state index in [1.807, 2.05) is 0 Å². The summed E-state index contributed by atoms with van der Waals surface area (Å²) < 4.78 is 51.1. The number of nitrogens with zero attached hydrogens (tertiary/aromatic N) is 2. The first kappa shape index (κ1) is 18.6. The van der Waals surface area contributed by atoms with Crippen molar-refractivity contribution in [3.63, 3.8) is 0 Å². The maximum absolute atomic E-state index is 13.3. The lowest BCUT2D eigenvalue weighted by Gasteiger charge is -2.14. The van der Waals surface area contributed by atoms with Gasteiger partial charge in [0.15, 0.2) is 0 Å². The van der Waals surface area contributed by atoms with Crippen molar-refractivity contribution in [1.29, 1.82) is 0 Å². The lowest BCUT2D eigenvalue weighted by molar-refractivity contribution is -0.147. The number of ether oxygens (including phenoxy) is 2. The number of alkyl halides is 3. The first-order valence-electron chi connectivity index (χ1n) is 7.88. The van der Waals surface area contributed by atoms with Gasteiger partial charge >= 0.3 is 6.18 Å². The van der Waals surface area contributed by atoms with Crippen molar-refractivity contribution in [3.8, 4) is 11.5 Å². The van der Waals surface area contributed by atoms with E-state index in [1.165, 1.54) is 32.4 Å². The van der Waals surface area contributed by atoms with Gasteiger partial charge in [-0.25, -0.2) is 4.98 Å². The third-order valence-electron chi connectivity index (χ3n) is 3.89. The molecule has 1 amide bonds. The van der Waals surface area contributed by atoms with Crippen LogP contribution in [0.4, 0.5) is 18.9 Å². The third-order valence-corrected chi connectivity index (χ3v) is 3.89. The number of para-hydroxylation sites is 2. The molecule has 3 rings (SSSR count). The number of methoxy groups -OCH3 is 2. The van der Waals surface area contributed by atoms with Crippen molar-refractivity contribution in [2.45, 2.75) is 12.7 Å². The number of imidazole rings is 1. The van der Waals surface area contributed by atoms with Crippen LogP contribution in [0.1, 0.15) is 5.82 Å². The fourth-order valence-electron chi connectivity index (χ4n) is 2.70. The molecule has 3 aromatic rings. The number of amides is 1. The van der Waals surface area contributed by atoms with Crippen molar-refractivity contribution in [2.24, 2.45) is 0 Å². The van der Waals surface area contributed by atoms with Crippen LogP contribution in [-0.4, -0.2) is 29.7 Å². The predicted octanol–water partition coefficient (Wildman–Crippen LogP) is 3.71. The highest BCUT2D eigenvalue weighted by Crippen LogP contribution is 2.32. The molecule has 2 aromatic carbocycles. The Morgan fingerprint density at radius 2 is 1.89 bits per heavy atom. The van der Waals surface area contributed by atoms with Crippen LogP contribution < -0.4 is 14.8 Å². The number of halogens is 3. The average Bonchev–Trinajstić information content (AvgIpc) is 3.00. The molecule has 0 aliphatic rings. The first-order chi connectivity index (χ1) is 12.8. The SMILES string of the molecule is COc1ccc(OC)c(NC(=O)Cn2c(C(F)(F)F)nc3ccccc32)c1. The van der Waals surface area contributed by atoms with Gasteiger partial charge in [-0.3, -0.25) is 4.79 Å². The largest absolute Gasteiger partial charge is 0.497 e. The second-order valence-electron chi connectivity index (χ2n) is 5.62. The topological polar surface area (TPSA) is 65.4 Å². The zero-order chi connectivity index (χ0) is 19.6. The van der Waals surface area contributed by atoms with Gasteiger partial charge in [0.05, 0.1) is 30.9 Å². The van der Waals surface area contributed by atoms with Crippen molar-refractivity contribution in [3.05, 3.63) is 48.3 Å². The van der Waals surface area contributed by atoms with Gasteiger partial charge in [0, 0.05) is 6.07 Å². The number of anilines is 1. The summed E-state index contributed by atoms with van der Waals surface area (Å²) in [5.41, 5.74) is 0.675. The molecule has 0 unspecified atom stereocenters. The number of aromatic nitrogens is 2. The van der Waals surface area contributed by atoms with E-state index in [-0.39, 0.29) is 11.0 Å². The summed E-state index contributed by atoms with van der Waals surface area (Å²) in [6.07, 6.45) is -4.69. The number of hydrogen-bond donors (Lipinski definition) is 1. The first-order valence-corrected chi connectivity index (χ1v) is 7.88. The van der Waals surface area contributed by atoms with Gasteiger partial charge in [-0.1, -0.05) is 12.1 Å². The van der Waals surface area contributed by atoms with E-state index in [1.54, 1.807) is 24.3 Å². The summed E-state index contributed by atoms with van der Waals surface area (Å²) >= 11 is 0. The van der Waals surface area contributed by atoms with E-state index < -0.39 is 24.5 Å². The fourth-order valence-corrected chi connectivity index (χ4v) is 2.70. The zero-order valence-corrected chi connectivity index (χ0v) is 14.5. The average molecular weight is 379 g/mol. The molecule has 0 saturated carbocycles. The minimum Gasteiger partial charge on any atom is -0.497 e. The smallest absolute Gasteiger partial charge is 0.449 e. The molecule has 0 radical (unpaired) electrons. The highest BCUT2D eigenvalue weighted by Gasteiger charge is 2.38. The minimum absolute atomic E-state index is 0.164. The molecule has 0 aliphatic heterocycles. The fraction of sp³-hybridized carbons (Fsp3) is 0.222. The highest BCUT2D eigenvalue weighted by atomic mass is 19.4. The number of fused-ring (bicyclic) bond motifs is 1. The van der Waals surface area contributed by atoms with E-state index in [0.29, 0.717) is 17.2 Å². The van der Waals surface area contributed by atoms with E-state index in [2.05, 4.69) is 10.3 Å². The lowest BCUT2D eigenvalue weighted by Crippen LogP contribution is -2.23. The number of nitrogens with one attached hydrogen (secondary N) is 1. The van der Waals surface area contributed by atoms with Crippen molar-refractivity contribution in [1.82, 2.24) is 9.55 Å². The summed E-state index contributed by atoms with van der Waals surface area (Å²) in [5.74, 6) is -0.961. The Bertz CT molecular complexity index is 983. The second-order valence-corrected chi connectivity index (χ2v) is 5.62. The molecule has 1 heterocycles. The molecule has 0 spiro atoms.